The van der Waals surface area contributed by atoms with Gasteiger partial charge in [0.05, 0.1) is 18.4 Å². The Kier molecular flexibility index (Phi) is 4.20. The molecule has 2 aliphatic rings. The van der Waals surface area contributed by atoms with Crippen molar-refractivity contribution in [2.24, 2.45) is 7.05 Å². The summed E-state index contributed by atoms with van der Waals surface area (Å²) < 4.78 is 13.9. The second-order valence-corrected chi connectivity index (χ2v) is 6.81. The van der Waals surface area contributed by atoms with Crippen LogP contribution < -0.4 is 4.74 Å². The summed E-state index contributed by atoms with van der Waals surface area (Å²) in [5, 5.41) is 4.25. The van der Waals surface area contributed by atoms with E-state index >= 15 is 0 Å². The molecule has 0 radical (unpaired) electrons. The first kappa shape index (κ1) is 15.5. The first-order valence-corrected chi connectivity index (χ1v) is 8.48. The lowest BCUT2D eigenvalue weighted by atomic mass is 9.89. The fraction of sp³-hybridized carbons (Fsp3) is 0.588. The molecule has 0 aromatic carbocycles. The summed E-state index contributed by atoms with van der Waals surface area (Å²) in [5.74, 6) is 0. The molecule has 0 N–H and O–H groups in total. The van der Waals surface area contributed by atoms with Crippen molar-refractivity contribution in [2.45, 2.75) is 37.5 Å². The van der Waals surface area contributed by atoms with E-state index < -0.39 is 0 Å². The number of nitrogens with zero attached hydrogens (tertiary/aromatic N) is 5. The maximum Gasteiger partial charge on any atom is 0.316 e. The monoisotopic (exact) mass is 329 g/mol. The molecule has 2 aromatic heterocycles. The fourth-order valence-electron chi connectivity index (χ4n) is 3.80. The summed E-state index contributed by atoms with van der Waals surface area (Å²) in [4.78, 5) is 10.7. The molecule has 0 unspecified atom stereocenters. The number of ether oxygens (including phenoxy) is 2. The van der Waals surface area contributed by atoms with Crippen LogP contribution in [0, 0.1) is 0 Å². The van der Waals surface area contributed by atoms with E-state index in [1.54, 1.807) is 18.5 Å². The molecule has 24 heavy (non-hydrogen) atoms. The minimum Gasteiger partial charge on any atom is -0.458 e. The average molecular weight is 329 g/mol. The zero-order valence-corrected chi connectivity index (χ0v) is 14.0. The summed E-state index contributed by atoms with van der Waals surface area (Å²) in [7, 11) is 1.95. The molecule has 0 saturated carbocycles. The van der Waals surface area contributed by atoms with E-state index in [0.29, 0.717) is 12.6 Å². The number of rotatable bonds is 4. The number of hydrogen-bond donors (Lipinski definition) is 0. The first-order valence-electron chi connectivity index (χ1n) is 8.48. The second-order valence-electron chi connectivity index (χ2n) is 6.81. The van der Waals surface area contributed by atoms with Gasteiger partial charge in [-0.2, -0.15) is 5.10 Å². The Morgan fingerprint density at radius 2 is 2.25 bits per heavy atom. The molecule has 2 aliphatic heterocycles. The van der Waals surface area contributed by atoms with E-state index in [1.165, 1.54) is 5.56 Å². The van der Waals surface area contributed by atoms with Gasteiger partial charge in [0.2, 0.25) is 0 Å². The third kappa shape index (κ3) is 3.42. The van der Waals surface area contributed by atoms with Crippen LogP contribution >= 0.6 is 0 Å². The normalized spacial score (nSPS) is 27.6. The molecule has 2 aromatic rings. The van der Waals surface area contributed by atoms with Gasteiger partial charge in [-0.3, -0.25) is 9.58 Å². The van der Waals surface area contributed by atoms with E-state index in [1.807, 2.05) is 17.9 Å². The van der Waals surface area contributed by atoms with Crippen molar-refractivity contribution in [3.63, 3.8) is 0 Å². The fourth-order valence-corrected chi connectivity index (χ4v) is 3.80. The lowest BCUT2D eigenvalue weighted by molar-refractivity contribution is -0.0538. The number of hydrogen-bond acceptors (Lipinski definition) is 6. The number of aryl methyl sites for hydroxylation is 1. The average Bonchev–Trinajstić information content (AvgIpc) is 3.15. The summed E-state index contributed by atoms with van der Waals surface area (Å²) in [5.41, 5.74) is 1.15. The third-order valence-electron chi connectivity index (χ3n) is 4.77. The molecule has 0 aliphatic carbocycles. The zero-order chi connectivity index (χ0) is 16.4. The van der Waals surface area contributed by atoms with Gasteiger partial charge >= 0.3 is 6.01 Å². The van der Waals surface area contributed by atoms with E-state index in [0.717, 1.165) is 38.9 Å². The van der Waals surface area contributed by atoms with Crippen LogP contribution in [0.15, 0.2) is 30.9 Å². The van der Waals surface area contributed by atoms with E-state index in [9.17, 15) is 0 Å². The quantitative estimate of drug-likeness (QED) is 0.845. The first-order chi connectivity index (χ1) is 11.7. The number of aromatic nitrogens is 4. The summed E-state index contributed by atoms with van der Waals surface area (Å²) in [6.07, 6.45) is 10.6. The van der Waals surface area contributed by atoms with Gasteiger partial charge < -0.3 is 9.47 Å². The molecular formula is C17H23N5O2. The number of piperidine rings is 1. The lowest BCUT2D eigenvalue weighted by Crippen LogP contribution is -2.47. The molecule has 2 saturated heterocycles. The predicted octanol–water partition coefficient (Wildman–Crippen LogP) is 1.41. The van der Waals surface area contributed by atoms with Gasteiger partial charge in [0, 0.05) is 50.7 Å². The van der Waals surface area contributed by atoms with Crippen molar-refractivity contribution in [1.29, 1.82) is 0 Å². The Bertz CT molecular complexity index is 677. The van der Waals surface area contributed by atoms with E-state index in [-0.39, 0.29) is 11.7 Å². The molecule has 4 rings (SSSR count). The lowest BCUT2D eigenvalue weighted by Gasteiger charge is -2.39. The number of likely N-dealkylation sites (tertiary alicyclic amines) is 1. The molecule has 7 nitrogen and oxygen atoms in total. The largest absolute Gasteiger partial charge is 0.458 e. The smallest absolute Gasteiger partial charge is 0.316 e. The van der Waals surface area contributed by atoms with Crippen molar-refractivity contribution in [2.75, 3.05) is 19.7 Å². The maximum absolute atomic E-state index is 6.20. The van der Waals surface area contributed by atoms with Gasteiger partial charge in [0.25, 0.3) is 0 Å². The highest BCUT2D eigenvalue weighted by Crippen LogP contribution is 2.36. The minimum absolute atomic E-state index is 0.0331. The molecular weight excluding hydrogens is 306 g/mol. The van der Waals surface area contributed by atoms with Crippen LogP contribution in [-0.2, 0) is 18.3 Å². The Hall–Kier alpha value is -1.99. The summed E-state index contributed by atoms with van der Waals surface area (Å²) in [6, 6.07) is 2.22. The Labute approximate surface area is 141 Å². The predicted molar refractivity (Wildman–Crippen MR) is 87.5 cm³/mol. The van der Waals surface area contributed by atoms with Crippen LogP contribution in [-0.4, -0.2) is 56.0 Å². The van der Waals surface area contributed by atoms with Crippen LogP contribution in [0.1, 0.15) is 24.8 Å². The molecule has 7 heteroatoms. The molecule has 1 spiro atoms. The van der Waals surface area contributed by atoms with Gasteiger partial charge in [-0.25, -0.2) is 9.97 Å². The van der Waals surface area contributed by atoms with Gasteiger partial charge in [-0.1, -0.05) is 0 Å². The Morgan fingerprint density at radius 3 is 3.04 bits per heavy atom. The van der Waals surface area contributed by atoms with Gasteiger partial charge in [0.1, 0.15) is 6.10 Å². The SMILES string of the molecule is Cn1cc(CN2CCC[C@]3(C[C@@H](Oc4ncccn4)CO3)C2)cn1. The molecule has 128 valence electrons. The van der Waals surface area contributed by atoms with Crippen LogP contribution in [0.2, 0.25) is 0 Å². The Balaban J connectivity index is 1.36. The van der Waals surface area contributed by atoms with Crippen LogP contribution in [0.3, 0.4) is 0 Å². The zero-order valence-electron chi connectivity index (χ0n) is 14.0. The van der Waals surface area contributed by atoms with Crippen LogP contribution in [0.25, 0.3) is 0 Å². The highest BCUT2D eigenvalue weighted by atomic mass is 16.6. The topological polar surface area (TPSA) is 65.3 Å². The molecule has 2 fully saturated rings. The third-order valence-corrected chi connectivity index (χ3v) is 4.77. The van der Waals surface area contributed by atoms with Crippen molar-refractivity contribution in [3.8, 4) is 6.01 Å². The second kappa shape index (κ2) is 6.49. The molecule has 4 heterocycles. The standard InChI is InChI=1S/C17H23N5O2/c1-21-10-14(9-20-21)11-22-7-2-4-17(13-22)8-15(12-23-17)24-16-18-5-3-6-19-16/h3,5-6,9-10,15H,2,4,7-8,11-13H2,1H3/t15-,17+/m1/s1. The maximum atomic E-state index is 6.20. The van der Waals surface area contributed by atoms with Gasteiger partial charge in [-0.05, 0) is 25.5 Å². The van der Waals surface area contributed by atoms with Gasteiger partial charge in [0.15, 0.2) is 0 Å². The highest BCUT2D eigenvalue weighted by Gasteiger charge is 2.44. The van der Waals surface area contributed by atoms with Crippen molar-refractivity contribution in [1.82, 2.24) is 24.6 Å². The van der Waals surface area contributed by atoms with Crippen LogP contribution in [0.5, 0.6) is 6.01 Å². The summed E-state index contributed by atoms with van der Waals surface area (Å²) >= 11 is 0. The summed E-state index contributed by atoms with van der Waals surface area (Å²) in [6.45, 7) is 3.58. The van der Waals surface area contributed by atoms with Crippen molar-refractivity contribution < 1.29 is 9.47 Å². The van der Waals surface area contributed by atoms with Crippen LogP contribution in [0.4, 0.5) is 0 Å². The van der Waals surface area contributed by atoms with E-state index in [4.69, 9.17) is 9.47 Å². The molecule has 0 amide bonds. The minimum atomic E-state index is -0.0973. The van der Waals surface area contributed by atoms with Gasteiger partial charge in [-0.15, -0.1) is 0 Å². The molecule has 2 atom stereocenters. The van der Waals surface area contributed by atoms with E-state index in [2.05, 4.69) is 26.2 Å². The van der Waals surface area contributed by atoms with Crippen molar-refractivity contribution in [3.05, 3.63) is 36.4 Å². The highest BCUT2D eigenvalue weighted by molar-refractivity contribution is 5.05. The Morgan fingerprint density at radius 1 is 1.38 bits per heavy atom. The molecule has 0 bridgehead atoms. The van der Waals surface area contributed by atoms with Crippen molar-refractivity contribution >= 4 is 0 Å².